The van der Waals surface area contributed by atoms with E-state index in [0.717, 1.165) is 6.54 Å². The lowest BCUT2D eigenvalue weighted by molar-refractivity contribution is -0.159. The second-order valence-corrected chi connectivity index (χ2v) is 5.95. The zero-order chi connectivity index (χ0) is 18.9. The van der Waals surface area contributed by atoms with Gasteiger partial charge in [0.25, 0.3) is 0 Å². The second-order valence-electron chi connectivity index (χ2n) is 5.95. The topological polar surface area (TPSA) is 97.4 Å². The van der Waals surface area contributed by atoms with E-state index >= 15 is 0 Å². The van der Waals surface area contributed by atoms with Gasteiger partial charge in [-0.25, -0.2) is 14.6 Å². The minimum Gasteiger partial charge on any atom is -0.473 e. The Morgan fingerprint density at radius 2 is 1.85 bits per heavy atom. The third-order valence-electron chi connectivity index (χ3n) is 4.08. The van der Waals surface area contributed by atoms with E-state index < -0.39 is 11.9 Å². The molecule has 0 aliphatic heterocycles. The predicted octanol–water partition coefficient (Wildman–Crippen LogP) is 3.42. The number of aliphatic carboxylic acids is 2. The van der Waals surface area contributed by atoms with Crippen LogP contribution in [-0.4, -0.2) is 36.3 Å². The Kier molecular flexibility index (Phi) is 6.96. The van der Waals surface area contributed by atoms with Crippen molar-refractivity contribution < 1.29 is 19.8 Å². The van der Waals surface area contributed by atoms with Crippen molar-refractivity contribution in [2.45, 2.75) is 38.8 Å². The van der Waals surface area contributed by atoms with E-state index in [-0.39, 0.29) is 0 Å². The molecule has 7 heteroatoms. The lowest BCUT2D eigenvalue weighted by Gasteiger charge is -2.20. The first-order valence-electron chi connectivity index (χ1n) is 8.50. The van der Waals surface area contributed by atoms with Gasteiger partial charge >= 0.3 is 11.9 Å². The molecule has 3 rings (SSSR count). The highest BCUT2D eigenvalue weighted by atomic mass is 16.4. The number of carboxylic acids is 2. The van der Waals surface area contributed by atoms with Gasteiger partial charge in [0.15, 0.2) is 0 Å². The first-order valence-corrected chi connectivity index (χ1v) is 8.50. The first-order chi connectivity index (χ1) is 12.5. The molecule has 0 saturated carbocycles. The number of para-hydroxylation sites is 1. The van der Waals surface area contributed by atoms with Gasteiger partial charge < -0.3 is 19.3 Å². The molecule has 0 aliphatic carbocycles. The molecule has 0 aliphatic rings. The van der Waals surface area contributed by atoms with E-state index in [9.17, 15) is 0 Å². The van der Waals surface area contributed by atoms with Gasteiger partial charge in [0.05, 0.1) is 12.4 Å². The third kappa shape index (κ3) is 5.20. The van der Waals surface area contributed by atoms with Crippen LogP contribution in [0.25, 0.3) is 10.9 Å². The fraction of sp³-hybridized carbons (Fsp3) is 0.316. The van der Waals surface area contributed by atoms with E-state index in [1.54, 1.807) is 0 Å². The number of unbranched alkanes of at least 4 members (excludes halogenated alkanes) is 1. The van der Waals surface area contributed by atoms with Crippen molar-refractivity contribution in [1.29, 1.82) is 0 Å². The van der Waals surface area contributed by atoms with Crippen LogP contribution in [-0.2, 0) is 16.1 Å². The lowest BCUT2D eigenvalue weighted by Crippen LogP contribution is -2.14. The Morgan fingerprint density at radius 3 is 2.46 bits per heavy atom. The highest BCUT2D eigenvalue weighted by molar-refractivity contribution is 6.27. The molecule has 0 saturated heterocycles. The molecule has 0 radical (unpaired) electrons. The van der Waals surface area contributed by atoms with Crippen molar-refractivity contribution in [3.63, 3.8) is 0 Å². The summed E-state index contributed by atoms with van der Waals surface area (Å²) in [5.41, 5.74) is 1.33. The number of hydrogen-bond acceptors (Lipinski definition) is 3. The number of carbonyl (C=O) groups is 2. The molecular weight excluding hydrogens is 334 g/mol. The average Bonchev–Trinajstić information content (AvgIpc) is 3.28. The van der Waals surface area contributed by atoms with Crippen LogP contribution in [0, 0.1) is 0 Å². The lowest BCUT2D eigenvalue weighted by atomic mass is 10.1. The number of rotatable bonds is 6. The van der Waals surface area contributed by atoms with Crippen LogP contribution in [0.1, 0.15) is 32.2 Å². The SMILES string of the molecule is CCCCC(Cn1ccnc1)n1ccc2ccccc21.O=C(O)C(=O)O. The number of benzene rings is 1. The maximum Gasteiger partial charge on any atom is 0.414 e. The molecule has 26 heavy (non-hydrogen) atoms. The third-order valence-corrected chi connectivity index (χ3v) is 4.08. The summed E-state index contributed by atoms with van der Waals surface area (Å²) in [6.07, 6.45) is 11.7. The van der Waals surface area contributed by atoms with Gasteiger partial charge in [0, 0.05) is 30.7 Å². The number of hydrogen-bond donors (Lipinski definition) is 2. The van der Waals surface area contributed by atoms with Crippen LogP contribution < -0.4 is 0 Å². The van der Waals surface area contributed by atoms with E-state index in [1.165, 1.54) is 30.2 Å². The maximum atomic E-state index is 9.10. The first kappa shape index (κ1) is 19.2. The number of aromatic nitrogens is 3. The Balaban J connectivity index is 0.000000352. The summed E-state index contributed by atoms with van der Waals surface area (Å²) < 4.78 is 4.60. The van der Waals surface area contributed by atoms with Gasteiger partial charge in [-0.1, -0.05) is 38.0 Å². The van der Waals surface area contributed by atoms with Crippen molar-refractivity contribution in [3.8, 4) is 0 Å². The molecule has 7 nitrogen and oxygen atoms in total. The van der Waals surface area contributed by atoms with Crippen LogP contribution in [0.3, 0.4) is 0 Å². The van der Waals surface area contributed by atoms with E-state index in [1.807, 2.05) is 18.7 Å². The van der Waals surface area contributed by atoms with Crippen molar-refractivity contribution in [1.82, 2.24) is 14.1 Å². The Morgan fingerprint density at radius 1 is 1.12 bits per heavy atom. The smallest absolute Gasteiger partial charge is 0.414 e. The summed E-state index contributed by atoms with van der Waals surface area (Å²) in [6, 6.07) is 11.3. The maximum absolute atomic E-state index is 9.10. The van der Waals surface area contributed by atoms with Gasteiger partial charge in [-0.15, -0.1) is 0 Å². The van der Waals surface area contributed by atoms with Gasteiger partial charge in [-0.05, 0) is 23.9 Å². The molecule has 3 aromatic rings. The molecule has 2 heterocycles. The van der Waals surface area contributed by atoms with Crippen LogP contribution in [0.4, 0.5) is 0 Å². The molecule has 0 bridgehead atoms. The van der Waals surface area contributed by atoms with Gasteiger partial charge in [-0.3, -0.25) is 0 Å². The minimum atomic E-state index is -1.82. The molecule has 138 valence electrons. The van der Waals surface area contributed by atoms with Crippen LogP contribution in [0.2, 0.25) is 0 Å². The molecular formula is C19H23N3O4. The van der Waals surface area contributed by atoms with Crippen LogP contribution >= 0.6 is 0 Å². The number of carboxylic acid groups (broad SMARTS) is 2. The zero-order valence-electron chi connectivity index (χ0n) is 14.7. The molecule has 1 atom stereocenters. The fourth-order valence-electron chi connectivity index (χ4n) is 2.82. The van der Waals surface area contributed by atoms with Crippen LogP contribution in [0.15, 0.2) is 55.2 Å². The summed E-state index contributed by atoms with van der Waals surface area (Å²) in [5, 5.41) is 16.1. The number of nitrogens with zero attached hydrogens (tertiary/aromatic N) is 3. The molecule has 0 amide bonds. The van der Waals surface area contributed by atoms with E-state index in [2.05, 4.69) is 57.6 Å². The van der Waals surface area contributed by atoms with Crippen LogP contribution in [0.5, 0.6) is 0 Å². The highest BCUT2D eigenvalue weighted by Crippen LogP contribution is 2.24. The van der Waals surface area contributed by atoms with Crippen molar-refractivity contribution in [2.75, 3.05) is 0 Å². The van der Waals surface area contributed by atoms with Crippen molar-refractivity contribution in [2.24, 2.45) is 0 Å². The molecule has 1 aromatic carbocycles. The van der Waals surface area contributed by atoms with E-state index in [0.29, 0.717) is 6.04 Å². The number of imidazole rings is 1. The molecule has 0 fully saturated rings. The quantitative estimate of drug-likeness (QED) is 0.659. The highest BCUT2D eigenvalue weighted by Gasteiger charge is 2.13. The largest absolute Gasteiger partial charge is 0.473 e. The Bertz CT molecular complexity index is 827. The molecule has 2 N–H and O–H groups in total. The van der Waals surface area contributed by atoms with Gasteiger partial charge in [0.2, 0.25) is 0 Å². The molecule has 0 spiro atoms. The fourth-order valence-corrected chi connectivity index (χ4v) is 2.82. The summed E-state index contributed by atoms with van der Waals surface area (Å²) in [4.78, 5) is 22.4. The summed E-state index contributed by atoms with van der Waals surface area (Å²) in [5.74, 6) is -3.65. The van der Waals surface area contributed by atoms with Crippen molar-refractivity contribution >= 4 is 22.8 Å². The van der Waals surface area contributed by atoms with Gasteiger partial charge in [-0.2, -0.15) is 0 Å². The molecule has 1 unspecified atom stereocenters. The standard InChI is InChI=1S/C17H21N3.C2H2O4/c1-2-3-7-16(13-19-12-10-18-14-19)20-11-9-15-6-4-5-8-17(15)20;3-1(4)2(5)6/h4-6,8-12,14,16H,2-3,7,13H2,1H3;(H,3,4)(H,5,6). The predicted molar refractivity (Wildman–Crippen MR) is 98.0 cm³/mol. The zero-order valence-corrected chi connectivity index (χ0v) is 14.7. The minimum absolute atomic E-state index is 0.490. The summed E-state index contributed by atoms with van der Waals surface area (Å²) in [7, 11) is 0. The van der Waals surface area contributed by atoms with Crippen molar-refractivity contribution in [3.05, 3.63) is 55.2 Å². The summed E-state index contributed by atoms with van der Waals surface area (Å²) in [6.45, 7) is 3.24. The number of fused-ring (bicyclic) bond motifs is 1. The van der Waals surface area contributed by atoms with E-state index in [4.69, 9.17) is 19.8 Å². The Labute approximate surface area is 151 Å². The summed E-state index contributed by atoms with van der Waals surface area (Å²) >= 11 is 0. The van der Waals surface area contributed by atoms with Gasteiger partial charge in [0.1, 0.15) is 0 Å². The second kappa shape index (κ2) is 9.41. The Hall–Kier alpha value is -3.09. The molecule has 2 aromatic heterocycles. The monoisotopic (exact) mass is 357 g/mol. The average molecular weight is 357 g/mol. The normalized spacial score (nSPS) is 11.6.